The molecule has 8 heteroatoms. The summed E-state index contributed by atoms with van der Waals surface area (Å²) < 4.78 is 47.1. The lowest BCUT2D eigenvalue weighted by Gasteiger charge is -2.39. The van der Waals surface area contributed by atoms with Gasteiger partial charge in [-0.05, 0) is 18.2 Å². The summed E-state index contributed by atoms with van der Waals surface area (Å²) in [6, 6.07) is 3.50. The van der Waals surface area contributed by atoms with Crippen molar-refractivity contribution in [2.24, 2.45) is 5.41 Å². The topological polar surface area (TPSA) is 47.6 Å². The average Bonchev–Trinajstić information content (AvgIpc) is 2.33. The molecule has 1 atom stereocenters. The van der Waals surface area contributed by atoms with E-state index in [2.05, 4.69) is 26.0 Å². The van der Waals surface area contributed by atoms with E-state index in [0.29, 0.717) is 4.47 Å². The summed E-state index contributed by atoms with van der Waals surface area (Å²) in [6.45, 7) is 3.67. The molecule has 1 heterocycles. The molecule has 2 rings (SSSR count). The Kier molecular flexibility index (Phi) is 4.10. The molecule has 0 radical (unpaired) electrons. The minimum absolute atomic E-state index is 0.0987. The van der Waals surface area contributed by atoms with Gasteiger partial charge in [-0.25, -0.2) is 4.79 Å². The van der Waals surface area contributed by atoms with E-state index in [0.717, 1.165) is 0 Å². The average molecular weight is 368 g/mol. The van der Waals surface area contributed by atoms with Crippen LogP contribution in [0, 0.1) is 5.41 Å². The van der Waals surface area contributed by atoms with Gasteiger partial charge in [0.05, 0.1) is 6.04 Å². The zero-order valence-electron chi connectivity index (χ0n) is 11.3. The maximum Gasteiger partial charge on any atom is 0.573 e. The predicted octanol–water partition coefficient (Wildman–Crippen LogP) is 4.15. The number of benzene rings is 1. The monoisotopic (exact) mass is 367 g/mol. The number of alkyl halides is 3. The van der Waals surface area contributed by atoms with Crippen molar-refractivity contribution in [1.29, 1.82) is 0 Å². The van der Waals surface area contributed by atoms with Gasteiger partial charge in [0, 0.05) is 15.5 Å². The number of halogens is 4. The van der Waals surface area contributed by atoms with E-state index in [4.69, 9.17) is 4.74 Å². The minimum atomic E-state index is -4.80. The summed E-state index contributed by atoms with van der Waals surface area (Å²) in [6.07, 6.45) is -5.47. The van der Waals surface area contributed by atoms with E-state index in [9.17, 15) is 18.0 Å². The summed E-state index contributed by atoms with van der Waals surface area (Å²) >= 11 is 3.21. The van der Waals surface area contributed by atoms with Crippen LogP contribution < -0.4 is 10.1 Å². The van der Waals surface area contributed by atoms with E-state index < -0.39 is 23.9 Å². The van der Waals surface area contributed by atoms with E-state index >= 15 is 0 Å². The molecule has 21 heavy (non-hydrogen) atoms. The first kappa shape index (κ1) is 15.9. The van der Waals surface area contributed by atoms with Crippen LogP contribution in [0.1, 0.15) is 25.5 Å². The van der Waals surface area contributed by atoms with Crippen molar-refractivity contribution >= 4 is 22.0 Å². The van der Waals surface area contributed by atoms with Crippen molar-refractivity contribution in [3.8, 4) is 5.75 Å². The fourth-order valence-corrected chi connectivity index (χ4v) is 2.53. The SMILES string of the molecule is CC1(C)COC(=O)N[C@@H]1c1cc(Br)ccc1OC(F)(F)F. The Morgan fingerprint density at radius 1 is 1.43 bits per heavy atom. The molecule has 1 aromatic rings. The molecule has 0 bridgehead atoms. The van der Waals surface area contributed by atoms with E-state index in [1.807, 2.05) is 0 Å². The molecule has 4 nitrogen and oxygen atoms in total. The van der Waals surface area contributed by atoms with Crippen molar-refractivity contribution in [2.75, 3.05) is 6.61 Å². The van der Waals surface area contributed by atoms with Gasteiger partial charge in [-0.3, -0.25) is 0 Å². The maximum atomic E-state index is 12.5. The zero-order chi connectivity index (χ0) is 15.8. The second-order valence-electron chi connectivity index (χ2n) is 5.37. The van der Waals surface area contributed by atoms with Gasteiger partial charge in [0.15, 0.2) is 0 Å². The number of amides is 1. The largest absolute Gasteiger partial charge is 0.573 e. The standard InChI is InChI=1S/C13H13BrF3NO3/c1-12(2)6-20-11(19)18-10(12)8-5-7(14)3-4-9(8)21-13(15,16)17/h3-5,10H,6H2,1-2H3,(H,18,19)/t10-/m1/s1. The number of carbonyl (C=O) groups is 1. The van der Waals surface area contributed by atoms with E-state index in [1.165, 1.54) is 18.2 Å². The molecular weight excluding hydrogens is 355 g/mol. The smallest absolute Gasteiger partial charge is 0.449 e. The molecule has 1 amide bonds. The molecule has 0 unspecified atom stereocenters. The number of hydrogen-bond acceptors (Lipinski definition) is 3. The molecule has 116 valence electrons. The number of alkyl carbamates (subject to hydrolysis) is 1. The molecule has 1 N–H and O–H groups in total. The first-order valence-corrected chi connectivity index (χ1v) is 6.86. The van der Waals surface area contributed by atoms with Gasteiger partial charge in [0.25, 0.3) is 0 Å². The molecule has 0 aromatic heterocycles. The number of rotatable bonds is 2. The molecule has 1 aliphatic heterocycles. The summed E-state index contributed by atoms with van der Waals surface area (Å²) in [4.78, 5) is 11.4. The van der Waals surface area contributed by atoms with Crippen LogP contribution in [0.5, 0.6) is 5.75 Å². The van der Waals surface area contributed by atoms with Gasteiger partial charge in [-0.15, -0.1) is 13.2 Å². The Morgan fingerprint density at radius 3 is 2.71 bits per heavy atom. The zero-order valence-corrected chi connectivity index (χ0v) is 12.8. The van der Waals surface area contributed by atoms with Gasteiger partial charge in [-0.2, -0.15) is 0 Å². The van der Waals surface area contributed by atoms with Crippen LogP contribution in [0.4, 0.5) is 18.0 Å². The van der Waals surface area contributed by atoms with Crippen LogP contribution in [0.2, 0.25) is 0 Å². The Bertz CT molecular complexity index is 560. The lowest BCUT2D eigenvalue weighted by Crippen LogP contribution is -2.47. The van der Waals surface area contributed by atoms with Crippen LogP contribution in [0.3, 0.4) is 0 Å². The quantitative estimate of drug-likeness (QED) is 0.853. The maximum absolute atomic E-state index is 12.5. The molecule has 0 saturated carbocycles. The number of cyclic esters (lactones) is 1. The normalized spacial score (nSPS) is 21.4. The molecule has 1 aliphatic rings. The van der Waals surface area contributed by atoms with Gasteiger partial charge < -0.3 is 14.8 Å². The van der Waals surface area contributed by atoms with E-state index in [1.54, 1.807) is 13.8 Å². The van der Waals surface area contributed by atoms with Gasteiger partial charge in [-0.1, -0.05) is 29.8 Å². The van der Waals surface area contributed by atoms with E-state index in [-0.39, 0.29) is 17.9 Å². The third-order valence-electron chi connectivity index (χ3n) is 3.13. The number of ether oxygens (including phenoxy) is 2. The first-order chi connectivity index (χ1) is 9.58. The highest BCUT2D eigenvalue weighted by atomic mass is 79.9. The number of nitrogens with one attached hydrogen (secondary N) is 1. The van der Waals surface area contributed by atoms with Gasteiger partial charge in [0.1, 0.15) is 12.4 Å². The minimum Gasteiger partial charge on any atom is -0.449 e. The Balaban J connectivity index is 2.45. The summed E-state index contributed by atoms with van der Waals surface area (Å²) in [7, 11) is 0. The summed E-state index contributed by atoms with van der Waals surface area (Å²) in [5.41, 5.74) is -0.346. The Hall–Kier alpha value is -1.44. The molecule has 1 aromatic carbocycles. The fourth-order valence-electron chi connectivity index (χ4n) is 2.15. The number of carbonyl (C=O) groups excluding carboxylic acids is 1. The van der Waals surface area contributed by atoms with Crippen molar-refractivity contribution < 1.29 is 27.4 Å². The third-order valence-corrected chi connectivity index (χ3v) is 3.62. The number of hydrogen-bond donors (Lipinski definition) is 1. The second-order valence-corrected chi connectivity index (χ2v) is 6.29. The molecule has 1 saturated heterocycles. The fraction of sp³-hybridized carbons (Fsp3) is 0.462. The van der Waals surface area contributed by atoms with Crippen LogP contribution >= 0.6 is 15.9 Å². The van der Waals surface area contributed by atoms with Crippen molar-refractivity contribution in [3.63, 3.8) is 0 Å². The van der Waals surface area contributed by atoms with Crippen LogP contribution in [0.15, 0.2) is 22.7 Å². The Morgan fingerprint density at radius 2 is 2.10 bits per heavy atom. The first-order valence-electron chi connectivity index (χ1n) is 6.07. The highest BCUT2D eigenvalue weighted by Crippen LogP contribution is 2.42. The van der Waals surface area contributed by atoms with Crippen LogP contribution in [0.25, 0.3) is 0 Å². The highest BCUT2D eigenvalue weighted by molar-refractivity contribution is 9.10. The molecule has 0 spiro atoms. The van der Waals surface area contributed by atoms with Crippen molar-refractivity contribution in [1.82, 2.24) is 5.32 Å². The lowest BCUT2D eigenvalue weighted by atomic mass is 9.80. The van der Waals surface area contributed by atoms with Gasteiger partial charge >= 0.3 is 12.5 Å². The van der Waals surface area contributed by atoms with Gasteiger partial charge in [0.2, 0.25) is 0 Å². The summed E-state index contributed by atoms with van der Waals surface area (Å²) in [5.74, 6) is -0.342. The predicted molar refractivity (Wildman–Crippen MR) is 71.8 cm³/mol. The summed E-state index contributed by atoms with van der Waals surface area (Å²) in [5, 5.41) is 2.55. The highest BCUT2D eigenvalue weighted by Gasteiger charge is 2.41. The third kappa shape index (κ3) is 3.81. The molecule has 0 aliphatic carbocycles. The van der Waals surface area contributed by atoms with Crippen molar-refractivity contribution in [2.45, 2.75) is 26.3 Å². The van der Waals surface area contributed by atoms with Crippen molar-refractivity contribution in [3.05, 3.63) is 28.2 Å². The lowest BCUT2D eigenvalue weighted by molar-refractivity contribution is -0.275. The Labute approximate surface area is 127 Å². The van der Waals surface area contributed by atoms with Crippen LogP contribution in [-0.2, 0) is 4.74 Å². The second kappa shape index (κ2) is 5.40. The molecular formula is C13H13BrF3NO3. The van der Waals surface area contributed by atoms with Crippen LogP contribution in [-0.4, -0.2) is 19.1 Å². The molecule has 1 fully saturated rings.